The van der Waals surface area contributed by atoms with Crippen LogP contribution in [-0.4, -0.2) is 66.8 Å². The Labute approximate surface area is 143 Å². The molecule has 1 saturated heterocycles. The van der Waals surface area contributed by atoms with E-state index in [9.17, 15) is 4.79 Å². The number of aliphatic hydroxyl groups excluding tert-OH is 1. The Kier molecular flexibility index (Phi) is 7.15. The van der Waals surface area contributed by atoms with Gasteiger partial charge in [0.15, 0.2) is 0 Å². The molecule has 1 aromatic carbocycles. The first-order valence-corrected chi connectivity index (χ1v) is 8.56. The maximum absolute atomic E-state index is 12.2. The molecule has 0 spiro atoms. The molecule has 1 fully saturated rings. The smallest absolute Gasteiger partial charge is 0.317 e. The Morgan fingerprint density at radius 1 is 1.35 bits per heavy atom. The van der Waals surface area contributed by atoms with Gasteiger partial charge in [0.2, 0.25) is 0 Å². The molecule has 2 rings (SSSR count). The van der Waals surface area contributed by atoms with E-state index in [1.165, 1.54) is 5.56 Å². The van der Waals surface area contributed by atoms with Crippen molar-refractivity contribution in [3.8, 4) is 0 Å². The van der Waals surface area contributed by atoms with Crippen molar-refractivity contribution >= 4 is 17.6 Å². The Morgan fingerprint density at radius 2 is 2.09 bits per heavy atom. The van der Waals surface area contributed by atoms with Crippen LogP contribution < -0.4 is 5.32 Å². The summed E-state index contributed by atoms with van der Waals surface area (Å²) in [6, 6.07) is 8.06. The van der Waals surface area contributed by atoms with Crippen LogP contribution >= 0.6 is 11.6 Å². The Balaban J connectivity index is 1.69. The number of rotatable bonds is 6. The number of halogens is 1. The van der Waals surface area contributed by atoms with E-state index in [1.54, 1.807) is 0 Å². The largest absolute Gasteiger partial charge is 0.396 e. The molecule has 6 heteroatoms. The molecule has 0 aromatic heterocycles. The highest BCUT2D eigenvalue weighted by Crippen LogP contribution is 2.12. The molecule has 0 saturated carbocycles. The van der Waals surface area contributed by atoms with E-state index in [-0.39, 0.29) is 18.7 Å². The van der Waals surface area contributed by atoms with Crippen molar-refractivity contribution in [3.63, 3.8) is 0 Å². The van der Waals surface area contributed by atoms with Crippen LogP contribution in [0.4, 0.5) is 4.79 Å². The molecule has 0 bridgehead atoms. The molecule has 0 radical (unpaired) electrons. The number of amides is 2. The third-order valence-electron chi connectivity index (χ3n) is 4.36. The lowest BCUT2D eigenvalue weighted by Gasteiger charge is -2.39. The molecule has 2 amide bonds. The van der Waals surface area contributed by atoms with E-state index in [0.29, 0.717) is 19.5 Å². The summed E-state index contributed by atoms with van der Waals surface area (Å²) in [5, 5.41) is 12.8. The molecule has 2 N–H and O–H groups in total. The number of hydrogen-bond acceptors (Lipinski definition) is 3. The second-order valence-electron chi connectivity index (χ2n) is 6.05. The molecule has 1 heterocycles. The quantitative estimate of drug-likeness (QED) is 0.779. The van der Waals surface area contributed by atoms with E-state index in [1.807, 2.05) is 36.2 Å². The van der Waals surface area contributed by atoms with Crippen molar-refractivity contribution in [2.45, 2.75) is 25.3 Å². The van der Waals surface area contributed by atoms with Crippen LogP contribution in [0.25, 0.3) is 0 Å². The lowest BCUT2D eigenvalue weighted by Crippen LogP contribution is -2.55. The number of benzene rings is 1. The zero-order valence-electron chi connectivity index (χ0n) is 13.7. The number of urea groups is 1. The van der Waals surface area contributed by atoms with E-state index in [4.69, 9.17) is 16.7 Å². The molecule has 0 aliphatic carbocycles. The lowest BCUT2D eigenvalue weighted by molar-refractivity contribution is 0.0928. The number of likely N-dealkylation sites (N-methyl/N-ethyl adjacent to an activating group) is 1. The second-order valence-corrected chi connectivity index (χ2v) is 6.49. The summed E-state index contributed by atoms with van der Waals surface area (Å²) in [5.41, 5.74) is 1.23. The lowest BCUT2D eigenvalue weighted by atomic mass is 10.1. The van der Waals surface area contributed by atoms with Crippen molar-refractivity contribution in [3.05, 3.63) is 34.9 Å². The molecule has 128 valence electrons. The zero-order chi connectivity index (χ0) is 16.7. The SMILES string of the molecule is CN1CCN(C(=O)NCCCc2ccc(Cl)cc2)C[C@@H]1CCO. The third-order valence-corrected chi connectivity index (χ3v) is 4.61. The van der Waals surface area contributed by atoms with Gasteiger partial charge in [0, 0.05) is 43.9 Å². The van der Waals surface area contributed by atoms with Crippen molar-refractivity contribution in [1.82, 2.24) is 15.1 Å². The van der Waals surface area contributed by atoms with E-state index in [2.05, 4.69) is 10.2 Å². The summed E-state index contributed by atoms with van der Waals surface area (Å²) in [4.78, 5) is 16.3. The number of hydrogen-bond donors (Lipinski definition) is 2. The van der Waals surface area contributed by atoms with Crippen LogP contribution in [0.15, 0.2) is 24.3 Å². The normalized spacial score (nSPS) is 18.9. The monoisotopic (exact) mass is 339 g/mol. The fraction of sp³-hybridized carbons (Fsp3) is 0.588. The predicted molar refractivity (Wildman–Crippen MR) is 92.9 cm³/mol. The highest BCUT2D eigenvalue weighted by atomic mass is 35.5. The Morgan fingerprint density at radius 3 is 2.78 bits per heavy atom. The number of aryl methyl sites for hydroxylation is 1. The molecule has 1 atom stereocenters. The maximum atomic E-state index is 12.2. The van der Waals surface area contributed by atoms with E-state index >= 15 is 0 Å². The van der Waals surface area contributed by atoms with Gasteiger partial charge in [-0.25, -0.2) is 4.79 Å². The second kappa shape index (κ2) is 9.11. The van der Waals surface area contributed by atoms with Gasteiger partial charge in [0.05, 0.1) is 0 Å². The topological polar surface area (TPSA) is 55.8 Å². The van der Waals surface area contributed by atoms with Crippen LogP contribution in [-0.2, 0) is 6.42 Å². The molecule has 5 nitrogen and oxygen atoms in total. The first-order valence-electron chi connectivity index (χ1n) is 8.18. The first-order chi connectivity index (χ1) is 11.1. The number of aliphatic hydroxyl groups is 1. The van der Waals surface area contributed by atoms with Gasteiger partial charge in [0.1, 0.15) is 0 Å². The first kappa shape index (κ1) is 18.0. The van der Waals surface area contributed by atoms with E-state index < -0.39 is 0 Å². The number of carbonyl (C=O) groups excluding carboxylic acids is 1. The number of nitrogens with zero attached hydrogens (tertiary/aromatic N) is 2. The summed E-state index contributed by atoms with van der Waals surface area (Å²) >= 11 is 5.86. The molecular weight excluding hydrogens is 314 g/mol. The minimum atomic E-state index is -0.00264. The van der Waals surface area contributed by atoms with Crippen LogP contribution in [0.2, 0.25) is 5.02 Å². The summed E-state index contributed by atoms with van der Waals surface area (Å²) < 4.78 is 0. The van der Waals surface area contributed by atoms with Gasteiger partial charge in [-0.15, -0.1) is 0 Å². The van der Waals surface area contributed by atoms with Crippen LogP contribution in [0.5, 0.6) is 0 Å². The van der Waals surface area contributed by atoms with Gasteiger partial charge in [-0.2, -0.15) is 0 Å². The molecule has 0 unspecified atom stereocenters. The summed E-state index contributed by atoms with van der Waals surface area (Å²) in [5.74, 6) is 0. The van der Waals surface area contributed by atoms with Gasteiger partial charge in [-0.05, 0) is 44.0 Å². The van der Waals surface area contributed by atoms with Crippen molar-refractivity contribution in [2.75, 3.05) is 39.8 Å². The molecular formula is C17H26ClN3O2. The van der Waals surface area contributed by atoms with Gasteiger partial charge >= 0.3 is 6.03 Å². The summed E-state index contributed by atoms with van der Waals surface area (Å²) in [6.45, 7) is 3.09. The number of piperazine rings is 1. The van der Waals surface area contributed by atoms with Crippen molar-refractivity contribution in [1.29, 1.82) is 0 Å². The summed E-state index contributed by atoms with van der Waals surface area (Å²) in [7, 11) is 2.04. The fourth-order valence-corrected chi connectivity index (χ4v) is 2.97. The molecule has 23 heavy (non-hydrogen) atoms. The predicted octanol–water partition coefficient (Wildman–Crippen LogP) is 1.98. The average Bonchev–Trinajstić information content (AvgIpc) is 2.55. The average molecular weight is 340 g/mol. The zero-order valence-corrected chi connectivity index (χ0v) is 14.4. The fourth-order valence-electron chi connectivity index (χ4n) is 2.84. The third kappa shape index (κ3) is 5.68. The van der Waals surface area contributed by atoms with Gasteiger partial charge in [-0.3, -0.25) is 4.90 Å². The van der Waals surface area contributed by atoms with Gasteiger partial charge < -0.3 is 15.3 Å². The van der Waals surface area contributed by atoms with E-state index in [0.717, 1.165) is 31.0 Å². The number of carbonyl (C=O) groups is 1. The van der Waals surface area contributed by atoms with Crippen LogP contribution in [0.3, 0.4) is 0 Å². The molecule has 1 aromatic rings. The Hall–Kier alpha value is -1.30. The highest BCUT2D eigenvalue weighted by molar-refractivity contribution is 6.30. The van der Waals surface area contributed by atoms with Crippen molar-refractivity contribution in [2.24, 2.45) is 0 Å². The van der Waals surface area contributed by atoms with Gasteiger partial charge in [0.25, 0.3) is 0 Å². The maximum Gasteiger partial charge on any atom is 0.317 e. The van der Waals surface area contributed by atoms with Crippen LogP contribution in [0, 0.1) is 0 Å². The van der Waals surface area contributed by atoms with Crippen LogP contribution in [0.1, 0.15) is 18.4 Å². The standard InChI is InChI=1S/C17H26ClN3O2/c1-20-10-11-21(13-16(20)8-12-22)17(23)19-9-2-3-14-4-6-15(18)7-5-14/h4-7,16,22H,2-3,8-13H2,1H3,(H,19,23)/t16-/m0/s1. The minimum Gasteiger partial charge on any atom is -0.396 e. The molecule has 1 aliphatic rings. The highest BCUT2D eigenvalue weighted by Gasteiger charge is 2.26. The molecule has 1 aliphatic heterocycles. The van der Waals surface area contributed by atoms with Crippen molar-refractivity contribution < 1.29 is 9.90 Å². The summed E-state index contributed by atoms with van der Waals surface area (Å²) in [6.07, 6.45) is 2.53. The minimum absolute atomic E-state index is 0.00264. The van der Waals surface area contributed by atoms with Gasteiger partial charge in [-0.1, -0.05) is 23.7 Å². The number of nitrogens with one attached hydrogen (secondary N) is 1. The Bertz CT molecular complexity index is 495.